The molecule has 16 heavy (non-hydrogen) atoms. The topological polar surface area (TPSA) is 72.2 Å². The van der Waals surface area contributed by atoms with E-state index in [1.165, 1.54) is 0 Å². The molecule has 0 bridgehead atoms. The van der Waals surface area contributed by atoms with Gasteiger partial charge in [-0.15, -0.1) is 0 Å². The minimum Gasteiger partial charge on any atom is -0.392 e. The van der Waals surface area contributed by atoms with Crippen molar-refractivity contribution in [2.75, 3.05) is 11.5 Å². The molecule has 92 valence electrons. The molecular weight excluding hydrogens is 228 g/mol. The minimum atomic E-state index is -2.97. The van der Waals surface area contributed by atoms with Crippen molar-refractivity contribution in [2.24, 2.45) is 0 Å². The highest BCUT2D eigenvalue weighted by Gasteiger charge is 2.13. The molecule has 1 N–H and O–H groups in total. The van der Waals surface area contributed by atoms with Crippen molar-refractivity contribution in [1.29, 1.82) is 0 Å². The summed E-state index contributed by atoms with van der Waals surface area (Å²) in [7, 11) is -2.97. The molecule has 0 spiro atoms. The van der Waals surface area contributed by atoms with Gasteiger partial charge < -0.3 is 5.11 Å². The molecule has 1 heterocycles. The van der Waals surface area contributed by atoms with Crippen LogP contribution in [0.4, 0.5) is 0 Å². The van der Waals surface area contributed by atoms with Gasteiger partial charge in [0.25, 0.3) is 0 Å². The van der Waals surface area contributed by atoms with E-state index in [9.17, 15) is 8.42 Å². The number of aryl methyl sites for hydroxylation is 2. The molecule has 0 fully saturated rings. The average Bonchev–Trinajstić information content (AvgIpc) is 2.51. The molecule has 1 rings (SSSR count). The molecule has 0 amide bonds. The number of sulfone groups is 1. The van der Waals surface area contributed by atoms with Gasteiger partial charge in [0.1, 0.15) is 0 Å². The summed E-state index contributed by atoms with van der Waals surface area (Å²) >= 11 is 0. The Bertz CT molecular complexity index is 463. The van der Waals surface area contributed by atoms with Crippen molar-refractivity contribution in [3.63, 3.8) is 0 Å². The van der Waals surface area contributed by atoms with E-state index in [1.54, 1.807) is 11.6 Å². The quantitative estimate of drug-likeness (QED) is 0.817. The zero-order chi connectivity index (χ0) is 12.3. The van der Waals surface area contributed by atoms with Crippen molar-refractivity contribution in [1.82, 2.24) is 9.78 Å². The first-order chi connectivity index (χ1) is 7.41. The summed E-state index contributed by atoms with van der Waals surface area (Å²) in [6, 6.07) is 0. The van der Waals surface area contributed by atoms with Crippen LogP contribution in [0.1, 0.15) is 23.9 Å². The normalized spacial score (nSPS) is 12.0. The Hall–Kier alpha value is -0.880. The predicted molar refractivity (Wildman–Crippen MR) is 62.0 cm³/mol. The van der Waals surface area contributed by atoms with Crippen LogP contribution in [0.25, 0.3) is 0 Å². The fraction of sp³-hybridized carbons (Fsp3) is 0.700. The van der Waals surface area contributed by atoms with Gasteiger partial charge in [0.05, 0.1) is 24.6 Å². The molecule has 0 aliphatic carbocycles. The maximum atomic E-state index is 11.4. The summed E-state index contributed by atoms with van der Waals surface area (Å²) in [5.41, 5.74) is 2.38. The number of aliphatic hydroxyl groups is 1. The van der Waals surface area contributed by atoms with Crippen LogP contribution in [-0.4, -0.2) is 34.8 Å². The lowest BCUT2D eigenvalue weighted by atomic mass is 10.2. The van der Waals surface area contributed by atoms with Crippen molar-refractivity contribution >= 4 is 9.84 Å². The first kappa shape index (κ1) is 13.2. The largest absolute Gasteiger partial charge is 0.392 e. The first-order valence-electron chi connectivity index (χ1n) is 5.25. The van der Waals surface area contributed by atoms with Gasteiger partial charge in [0.15, 0.2) is 9.84 Å². The highest BCUT2D eigenvalue weighted by Crippen LogP contribution is 2.12. The third-order valence-electron chi connectivity index (χ3n) is 2.74. The number of aromatic nitrogens is 2. The van der Waals surface area contributed by atoms with E-state index < -0.39 is 9.84 Å². The SMILES string of the molecule is CCS(=O)(=O)CCn1nc(C)c(CO)c1C. The third kappa shape index (κ3) is 2.82. The maximum absolute atomic E-state index is 11.4. The van der Waals surface area contributed by atoms with E-state index in [0.29, 0.717) is 6.54 Å². The standard InChI is InChI=1S/C10H18N2O3S/c1-4-16(14,15)6-5-12-9(3)10(7-13)8(2)11-12/h13H,4-7H2,1-3H3. The molecule has 6 heteroatoms. The lowest BCUT2D eigenvalue weighted by Gasteiger charge is -2.04. The Balaban J connectivity index is 2.83. The van der Waals surface area contributed by atoms with Crippen LogP contribution in [0.3, 0.4) is 0 Å². The molecule has 0 unspecified atom stereocenters. The third-order valence-corrected chi connectivity index (χ3v) is 4.43. The van der Waals surface area contributed by atoms with Crippen LogP contribution < -0.4 is 0 Å². The Kier molecular flexibility index (Phi) is 4.09. The second kappa shape index (κ2) is 4.97. The molecule has 1 aromatic rings. The molecule has 0 radical (unpaired) electrons. The van der Waals surface area contributed by atoms with E-state index in [1.807, 2.05) is 13.8 Å². The zero-order valence-corrected chi connectivity index (χ0v) is 10.7. The van der Waals surface area contributed by atoms with E-state index in [2.05, 4.69) is 5.10 Å². The Morgan fingerprint density at radius 1 is 1.38 bits per heavy atom. The van der Waals surface area contributed by atoms with Crippen LogP contribution in [0.15, 0.2) is 0 Å². The second-order valence-electron chi connectivity index (χ2n) is 3.77. The smallest absolute Gasteiger partial charge is 0.151 e. The molecule has 0 aliphatic heterocycles. The van der Waals surface area contributed by atoms with Gasteiger partial charge >= 0.3 is 0 Å². The van der Waals surface area contributed by atoms with Crippen molar-refractivity contribution in [2.45, 2.75) is 33.9 Å². The number of nitrogens with zero attached hydrogens (tertiary/aromatic N) is 2. The van der Waals surface area contributed by atoms with Gasteiger partial charge in [0, 0.05) is 17.0 Å². The van der Waals surface area contributed by atoms with Crippen LogP contribution in [0, 0.1) is 13.8 Å². The van der Waals surface area contributed by atoms with E-state index >= 15 is 0 Å². The molecule has 0 atom stereocenters. The van der Waals surface area contributed by atoms with Gasteiger partial charge in [-0.05, 0) is 13.8 Å². The number of aliphatic hydroxyl groups excluding tert-OH is 1. The molecule has 0 saturated heterocycles. The van der Waals surface area contributed by atoms with Crippen LogP contribution in [0.5, 0.6) is 0 Å². The fourth-order valence-electron chi connectivity index (χ4n) is 1.55. The highest BCUT2D eigenvalue weighted by molar-refractivity contribution is 7.91. The summed E-state index contributed by atoms with van der Waals surface area (Å²) < 4.78 is 24.4. The van der Waals surface area contributed by atoms with Gasteiger partial charge in [-0.25, -0.2) is 8.42 Å². The van der Waals surface area contributed by atoms with E-state index in [0.717, 1.165) is 17.0 Å². The molecular formula is C10H18N2O3S. The van der Waals surface area contributed by atoms with Crippen LogP contribution in [0.2, 0.25) is 0 Å². The fourth-order valence-corrected chi connectivity index (χ4v) is 2.29. The molecule has 0 saturated carbocycles. The summed E-state index contributed by atoms with van der Waals surface area (Å²) in [5.74, 6) is 0.246. The Morgan fingerprint density at radius 3 is 2.44 bits per heavy atom. The number of rotatable bonds is 5. The zero-order valence-electron chi connectivity index (χ0n) is 9.89. The van der Waals surface area contributed by atoms with E-state index in [4.69, 9.17) is 5.11 Å². The lowest BCUT2D eigenvalue weighted by Crippen LogP contribution is -2.16. The van der Waals surface area contributed by atoms with Gasteiger partial charge in [-0.3, -0.25) is 4.68 Å². The highest BCUT2D eigenvalue weighted by atomic mass is 32.2. The maximum Gasteiger partial charge on any atom is 0.151 e. The molecule has 0 aromatic carbocycles. The molecule has 0 aliphatic rings. The summed E-state index contributed by atoms with van der Waals surface area (Å²) in [6.07, 6.45) is 0. The van der Waals surface area contributed by atoms with Gasteiger partial charge in [-0.2, -0.15) is 5.10 Å². The van der Waals surface area contributed by atoms with Gasteiger partial charge in [0.2, 0.25) is 0 Å². The van der Waals surface area contributed by atoms with Crippen molar-refractivity contribution in [3.05, 3.63) is 17.0 Å². The van der Waals surface area contributed by atoms with Crippen LogP contribution in [-0.2, 0) is 23.0 Å². The van der Waals surface area contributed by atoms with Crippen molar-refractivity contribution < 1.29 is 13.5 Å². The number of hydrogen-bond acceptors (Lipinski definition) is 4. The van der Waals surface area contributed by atoms with Crippen molar-refractivity contribution in [3.8, 4) is 0 Å². The Labute approximate surface area is 96.0 Å². The first-order valence-corrected chi connectivity index (χ1v) is 7.07. The monoisotopic (exact) mass is 246 g/mol. The summed E-state index contributed by atoms with van der Waals surface area (Å²) in [4.78, 5) is 0. The van der Waals surface area contributed by atoms with Crippen LogP contribution >= 0.6 is 0 Å². The Morgan fingerprint density at radius 2 is 2.00 bits per heavy atom. The summed E-state index contributed by atoms with van der Waals surface area (Å²) in [6.45, 7) is 5.57. The van der Waals surface area contributed by atoms with E-state index in [-0.39, 0.29) is 18.1 Å². The summed E-state index contributed by atoms with van der Waals surface area (Å²) in [5, 5.41) is 13.3. The molecule has 5 nitrogen and oxygen atoms in total. The molecule has 1 aromatic heterocycles. The second-order valence-corrected chi connectivity index (χ2v) is 6.24. The number of hydrogen-bond donors (Lipinski definition) is 1. The lowest BCUT2D eigenvalue weighted by molar-refractivity contribution is 0.280. The minimum absolute atomic E-state index is 0.0573. The van der Waals surface area contributed by atoms with Gasteiger partial charge in [-0.1, -0.05) is 6.92 Å². The average molecular weight is 246 g/mol. The predicted octanol–water partition coefficient (Wildman–Crippen LogP) is 0.427.